The molecule has 0 aliphatic rings. The van der Waals surface area contributed by atoms with Crippen molar-refractivity contribution in [3.8, 4) is 0 Å². The van der Waals surface area contributed by atoms with Gasteiger partial charge in [0, 0.05) is 5.69 Å². The molecule has 1 N–H and O–H groups in total. The third-order valence-electron chi connectivity index (χ3n) is 3.39. The lowest BCUT2D eigenvalue weighted by molar-refractivity contribution is 0.245. The Balaban J connectivity index is 1.87. The number of allylic oxidation sites excluding steroid dienone is 2. The van der Waals surface area contributed by atoms with Crippen molar-refractivity contribution in [2.45, 2.75) is 20.3 Å². The molecule has 0 amide bonds. The van der Waals surface area contributed by atoms with Gasteiger partial charge in [0.2, 0.25) is 0 Å². The molecule has 2 aromatic carbocycles. The molecular formula is C20H23NO. The van der Waals surface area contributed by atoms with Crippen LogP contribution in [0.2, 0.25) is 0 Å². The molecule has 0 bridgehead atoms. The first-order valence-corrected chi connectivity index (χ1v) is 7.48. The molecule has 22 heavy (non-hydrogen) atoms. The number of ether oxygens (including phenoxy) is 1. The molecule has 0 saturated carbocycles. The molecule has 0 unspecified atom stereocenters. The van der Waals surface area contributed by atoms with E-state index in [2.05, 4.69) is 60.4 Å². The molecule has 0 aromatic heterocycles. The van der Waals surface area contributed by atoms with Crippen LogP contribution in [0.25, 0.3) is 0 Å². The first-order chi connectivity index (χ1) is 10.7. The number of anilines is 1. The second-order valence-electron chi connectivity index (χ2n) is 5.39. The van der Waals surface area contributed by atoms with Crippen molar-refractivity contribution in [1.82, 2.24) is 0 Å². The molecule has 0 spiro atoms. The lowest BCUT2D eigenvalue weighted by atomic mass is 10.1. The molecule has 2 aromatic rings. The molecule has 0 aliphatic carbocycles. The van der Waals surface area contributed by atoms with Crippen molar-refractivity contribution in [3.05, 3.63) is 89.7 Å². The standard InChI is InChI=1S/C20H23NO/c1-4-20(16(2)3)22-15-21-19-12-10-18(11-13-19)14-17-8-6-5-7-9-17/h4-13,21H,1,14-15H2,2-3H3. The predicted octanol–water partition coefficient (Wildman–Crippen LogP) is 5.14. The van der Waals surface area contributed by atoms with E-state index in [0.717, 1.165) is 23.4 Å². The van der Waals surface area contributed by atoms with Gasteiger partial charge in [0.1, 0.15) is 5.76 Å². The molecule has 2 rings (SSSR count). The maximum Gasteiger partial charge on any atom is 0.159 e. The summed E-state index contributed by atoms with van der Waals surface area (Å²) in [6, 6.07) is 18.9. The Labute approximate surface area is 133 Å². The minimum atomic E-state index is 0.435. The number of rotatable bonds is 7. The van der Waals surface area contributed by atoms with Crippen LogP contribution in [0.3, 0.4) is 0 Å². The maximum absolute atomic E-state index is 5.63. The molecule has 0 saturated heterocycles. The molecule has 0 radical (unpaired) electrons. The van der Waals surface area contributed by atoms with Gasteiger partial charge in [-0.3, -0.25) is 0 Å². The van der Waals surface area contributed by atoms with Crippen molar-refractivity contribution in [2.24, 2.45) is 0 Å². The van der Waals surface area contributed by atoms with Gasteiger partial charge in [-0.05, 0) is 55.2 Å². The molecule has 0 aliphatic heterocycles. The maximum atomic E-state index is 5.63. The van der Waals surface area contributed by atoms with Crippen molar-refractivity contribution in [3.63, 3.8) is 0 Å². The summed E-state index contributed by atoms with van der Waals surface area (Å²) < 4.78 is 5.63. The quantitative estimate of drug-likeness (QED) is 0.433. The van der Waals surface area contributed by atoms with Gasteiger partial charge in [-0.1, -0.05) is 49.0 Å². The topological polar surface area (TPSA) is 21.3 Å². The smallest absolute Gasteiger partial charge is 0.159 e. The lowest BCUT2D eigenvalue weighted by Gasteiger charge is -2.11. The molecule has 0 fully saturated rings. The van der Waals surface area contributed by atoms with Crippen molar-refractivity contribution in [1.29, 1.82) is 0 Å². The van der Waals surface area contributed by atoms with E-state index in [1.807, 2.05) is 19.9 Å². The fraction of sp³-hybridized carbons (Fsp3) is 0.200. The second-order valence-corrected chi connectivity index (χ2v) is 5.39. The molecule has 0 heterocycles. The van der Waals surface area contributed by atoms with Gasteiger partial charge in [0.15, 0.2) is 6.73 Å². The zero-order chi connectivity index (χ0) is 15.8. The van der Waals surface area contributed by atoms with Crippen LogP contribution in [-0.4, -0.2) is 6.73 Å². The highest BCUT2D eigenvalue weighted by Gasteiger charge is 1.98. The van der Waals surface area contributed by atoms with E-state index in [0.29, 0.717) is 6.73 Å². The van der Waals surface area contributed by atoms with Gasteiger partial charge in [-0.2, -0.15) is 0 Å². The Morgan fingerprint density at radius 1 is 1.00 bits per heavy atom. The highest BCUT2D eigenvalue weighted by atomic mass is 16.5. The highest BCUT2D eigenvalue weighted by Crippen LogP contribution is 2.14. The van der Waals surface area contributed by atoms with E-state index in [4.69, 9.17) is 4.74 Å². The largest absolute Gasteiger partial charge is 0.473 e. The van der Waals surface area contributed by atoms with Crippen LogP contribution in [0.4, 0.5) is 5.69 Å². The summed E-state index contributed by atoms with van der Waals surface area (Å²) in [7, 11) is 0. The molecule has 2 nitrogen and oxygen atoms in total. The minimum absolute atomic E-state index is 0.435. The average molecular weight is 293 g/mol. The summed E-state index contributed by atoms with van der Waals surface area (Å²) >= 11 is 0. The second kappa shape index (κ2) is 8.08. The van der Waals surface area contributed by atoms with Crippen LogP contribution in [0.15, 0.2) is 78.6 Å². The first-order valence-electron chi connectivity index (χ1n) is 7.48. The van der Waals surface area contributed by atoms with E-state index in [9.17, 15) is 0 Å². The Hall–Kier alpha value is -2.48. The number of benzene rings is 2. The van der Waals surface area contributed by atoms with Crippen LogP contribution in [0, 0.1) is 0 Å². The summed E-state index contributed by atoms with van der Waals surface area (Å²) in [5, 5.41) is 3.25. The minimum Gasteiger partial charge on any atom is -0.473 e. The van der Waals surface area contributed by atoms with E-state index in [-0.39, 0.29) is 0 Å². The van der Waals surface area contributed by atoms with Gasteiger partial charge in [-0.25, -0.2) is 0 Å². The Bertz CT molecular complexity index is 623. The van der Waals surface area contributed by atoms with Crippen LogP contribution in [0.1, 0.15) is 25.0 Å². The van der Waals surface area contributed by atoms with Crippen molar-refractivity contribution >= 4 is 5.69 Å². The van der Waals surface area contributed by atoms with E-state index in [1.165, 1.54) is 11.1 Å². The van der Waals surface area contributed by atoms with Crippen molar-refractivity contribution in [2.75, 3.05) is 12.0 Å². The summed E-state index contributed by atoms with van der Waals surface area (Å²) in [5.74, 6) is 0.827. The Kier molecular flexibility index (Phi) is 5.84. The van der Waals surface area contributed by atoms with E-state index >= 15 is 0 Å². The first kappa shape index (κ1) is 15.9. The number of hydrogen-bond donors (Lipinski definition) is 1. The van der Waals surface area contributed by atoms with Crippen LogP contribution < -0.4 is 5.32 Å². The fourth-order valence-corrected chi connectivity index (χ4v) is 2.18. The average Bonchev–Trinajstić information content (AvgIpc) is 2.54. The Morgan fingerprint density at radius 3 is 2.23 bits per heavy atom. The number of hydrogen-bond acceptors (Lipinski definition) is 2. The van der Waals surface area contributed by atoms with E-state index in [1.54, 1.807) is 6.08 Å². The highest BCUT2D eigenvalue weighted by molar-refractivity contribution is 5.45. The number of nitrogens with one attached hydrogen (secondary N) is 1. The van der Waals surface area contributed by atoms with Gasteiger partial charge >= 0.3 is 0 Å². The summed E-state index contributed by atoms with van der Waals surface area (Å²) in [6.45, 7) is 8.20. The van der Waals surface area contributed by atoms with Crippen LogP contribution in [0.5, 0.6) is 0 Å². The van der Waals surface area contributed by atoms with Gasteiger partial charge in [0.25, 0.3) is 0 Å². The molecular weight excluding hydrogens is 270 g/mol. The molecule has 0 atom stereocenters. The SMILES string of the molecule is C=CC(OCNc1ccc(Cc2ccccc2)cc1)=C(C)C. The summed E-state index contributed by atoms with van der Waals surface area (Å²) in [4.78, 5) is 0. The normalized spacial score (nSPS) is 9.91. The zero-order valence-corrected chi connectivity index (χ0v) is 13.3. The van der Waals surface area contributed by atoms with E-state index < -0.39 is 0 Å². The summed E-state index contributed by atoms with van der Waals surface area (Å²) in [5.41, 5.74) is 4.79. The van der Waals surface area contributed by atoms with Crippen molar-refractivity contribution < 1.29 is 4.74 Å². The molecule has 2 heteroatoms. The summed E-state index contributed by atoms with van der Waals surface area (Å²) in [6.07, 6.45) is 2.69. The lowest BCUT2D eigenvalue weighted by Crippen LogP contribution is -2.06. The predicted molar refractivity (Wildman–Crippen MR) is 93.8 cm³/mol. The molecule has 114 valence electrons. The van der Waals surface area contributed by atoms with Crippen LogP contribution >= 0.6 is 0 Å². The monoisotopic (exact) mass is 293 g/mol. The van der Waals surface area contributed by atoms with Gasteiger partial charge in [0.05, 0.1) is 0 Å². The zero-order valence-electron chi connectivity index (χ0n) is 13.3. The third kappa shape index (κ3) is 4.81. The fourth-order valence-electron chi connectivity index (χ4n) is 2.18. The third-order valence-corrected chi connectivity index (χ3v) is 3.39. The van der Waals surface area contributed by atoms with Gasteiger partial charge < -0.3 is 10.1 Å². The Morgan fingerprint density at radius 2 is 1.64 bits per heavy atom. The van der Waals surface area contributed by atoms with Gasteiger partial charge in [-0.15, -0.1) is 0 Å². The van der Waals surface area contributed by atoms with Crippen LogP contribution in [-0.2, 0) is 11.2 Å².